The quantitative estimate of drug-likeness (QED) is 0.807. The monoisotopic (exact) mass is 202 g/mol. The second-order valence-electron chi connectivity index (χ2n) is 3.51. The van der Waals surface area contributed by atoms with Crippen LogP contribution in [-0.2, 0) is 13.5 Å². The third kappa shape index (κ3) is 2.22. The third-order valence-electron chi connectivity index (χ3n) is 2.25. The molecule has 0 aliphatic carbocycles. The molecule has 0 aliphatic heterocycles. The van der Waals surface area contributed by atoms with Crippen LogP contribution in [0.5, 0.6) is 0 Å². The molecule has 0 saturated heterocycles. The van der Waals surface area contributed by atoms with E-state index in [1.54, 1.807) is 0 Å². The predicted octanol–water partition coefficient (Wildman–Crippen LogP) is 0.983. The number of hydrogen-bond acceptors (Lipinski definition) is 3. The fraction of sp³-hybridized carbons (Fsp3) is 0.273. The molecule has 0 atom stereocenters. The first-order chi connectivity index (χ1) is 7.29. The van der Waals surface area contributed by atoms with Gasteiger partial charge in [-0.15, -0.1) is 0 Å². The van der Waals surface area contributed by atoms with Gasteiger partial charge in [-0.3, -0.25) is 0 Å². The Bertz CT molecular complexity index is 430. The van der Waals surface area contributed by atoms with Crippen molar-refractivity contribution in [2.75, 3.05) is 6.54 Å². The van der Waals surface area contributed by atoms with Crippen molar-refractivity contribution in [3.63, 3.8) is 0 Å². The van der Waals surface area contributed by atoms with Gasteiger partial charge >= 0.3 is 0 Å². The Labute approximate surface area is 88.8 Å². The van der Waals surface area contributed by atoms with Gasteiger partial charge in [-0.2, -0.15) is 10.2 Å². The van der Waals surface area contributed by atoms with E-state index in [0.29, 0.717) is 6.54 Å². The third-order valence-corrected chi connectivity index (χ3v) is 2.25. The number of nitrogens with two attached hydrogens (primary N) is 1. The molecule has 0 bridgehead atoms. The first-order valence-corrected chi connectivity index (χ1v) is 4.94. The second-order valence-corrected chi connectivity index (χ2v) is 3.51. The maximum Gasteiger partial charge on any atom is 0.0945 e. The molecule has 2 rings (SSSR count). The highest BCUT2D eigenvalue weighted by Crippen LogP contribution is 2.15. The Hall–Kier alpha value is -1.68. The number of hydrogen-bond donors (Lipinski definition) is 1. The van der Waals surface area contributed by atoms with E-state index in [1.165, 1.54) is 0 Å². The van der Waals surface area contributed by atoms with Crippen molar-refractivity contribution in [2.45, 2.75) is 6.42 Å². The minimum absolute atomic E-state index is 0.610. The van der Waals surface area contributed by atoms with Crippen LogP contribution in [0.25, 0.3) is 11.3 Å². The van der Waals surface area contributed by atoms with Crippen LogP contribution >= 0.6 is 0 Å². The van der Waals surface area contributed by atoms with E-state index in [1.807, 2.05) is 42.2 Å². The second kappa shape index (κ2) is 4.23. The fourth-order valence-electron chi connectivity index (χ4n) is 1.45. The largest absolute Gasteiger partial charge is 0.357 e. The number of aromatic nitrogens is 3. The molecule has 4 heteroatoms. The lowest BCUT2D eigenvalue weighted by Gasteiger charge is -1.98. The van der Waals surface area contributed by atoms with E-state index in [2.05, 4.69) is 10.2 Å². The Morgan fingerprint density at radius 1 is 1.27 bits per heavy atom. The number of aryl methyl sites for hydroxylation is 1. The van der Waals surface area contributed by atoms with Gasteiger partial charge in [0.1, 0.15) is 0 Å². The van der Waals surface area contributed by atoms with Crippen molar-refractivity contribution in [2.24, 2.45) is 12.8 Å². The summed E-state index contributed by atoms with van der Waals surface area (Å²) in [4.78, 5) is 0. The summed E-state index contributed by atoms with van der Waals surface area (Å²) in [7, 11) is 1.99. The first kappa shape index (κ1) is 9.86. The van der Waals surface area contributed by atoms with Gasteiger partial charge in [0.25, 0.3) is 0 Å². The summed E-state index contributed by atoms with van der Waals surface area (Å²) in [6, 6.07) is 5.97. The van der Waals surface area contributed by atoms with Crippen LogP contribution < -0.4 is 5.73 Å². The number of rotatable bonds is 3. The zero-order valence-corrected chi connectivity index (χ0v) is 8.72. The maximum atomic E-state index is 5.44. The maximum absolute atomic E-state index is 5.44. The van der Waals surface area contributed by atoms with E-state index in [4.69, 9.17) is 5.73 Å². The molecule has 2 N–H and O–H groups in total. The van der Waals surface area contributed by atoms with E-state index < -0.39 is 0 Å². The van der Waals surface area contributed by atoms with Gasteiger partial charge in [-0.05, 0) is 24.7 Å². The highest BCUT2D eigenvalue weighted by Gasteiger charge is 2.01. The standard InChI is InChI=1S/C11H14N4/c1-15-7-5-9(8-15)11-3-2-10(4-6-12)13-14-11/h2-3,5,7-8H,4,6,12H2,1H3. The molecule has 0 aliphatic rings. The minimum atomic E-state index is 0.610. The van der Waals surface area contributed by atoms with Gasteiger partial charge < -0.3 is 10.3 Å². The van der Waals surface area contributed by atoms with Gasteiger partial charge in [0.05, 0.1) is 11.4 Å². The topological polar surface area (TPSA) is 56.7 Å². The molecule has 0 spiro atoms. The predicted molar refractivity (Wildman–Crippen MR) is 59.2 cm³/mol. The van der Waals surface area contributed by atoms with Crippen LogP contribution in [0, 0.1) is 0 Å². The van der Waals surface area contributed by atoms with Crippen LogP contribution in [0.2, 0.25) is 0 Å². The summed E-state index contributed by atoms with van der Waals surface area (Å²) in [5.41, 5.74) is 8.37. The van der Waals surface area contributed by atoms with Gasteiger partial charge in [-0.25, -0.2) is 0 Å². The molecule has 0 unspecified atom stereocenters. The van der Waals surface area contributed by atoms with E-state index in [-0.39, 0.29) is 0 Å². The Morgan fingerprint density at radius 2 is 2.13 bits per heavy atom. The molecule has 0 fully saturated rings. The summed E-state index contributed by atoms with van der Waals surface area (Å²) >= 11 is 0. The number of nitrogens with zero attached hydrogens (tertiary/aromatic N) is 3. The van der Waals surface area contributed by atoms with Crippen molar-refractivity contribution >= 4 is 0 Å². The van der Waals surface area contributed by atoms with Crippen molar-refractivity contribution < 1.29 is 0 Å². The van der Waals surface area contributed by atoms with Gasteiger partial charge in [0.15, 0.2) is 0 Å². The summed E-state index contributed by atoms with van der Waals surface area (Å²) in [5, 5.41) is 8.28. The van der Waals surface area contributed by atoms with Crippen molar-refractivity contribution in [3.05, 3.63) is 36.3 Å². The van der Waals surface area contributed by atoms with Crippen LogP contribution in [0.3, 0.4) is 0 Å². The van der Waals surface area contributed by atoms with Crippen LogP contribution in [0.15, 0.2) is 30.6 Å². The normalized spacial score (nSPS) is 10.5. The zero-order chi connectivity index (χ0) is 10.7. The first-order valence-electron chi connectivity index (χ1n) is 4.94. The van der Waals surface area contributed by atoms with Crippen LogP contribution in [0.1, 0.15) is 5.69 Å². The van der Waals surface area contributed by atoms with E-state index >= 15 is 0 Å². The zero-order valence-electron chi connectivity index (χ0n) is 8.72. The highest BCUT2D eigenvalue weighted by molar-refractivity contribution is 5.57. The molecule has 15 heavy (non-hydrogen) atoms. The summed E-state index contributed by atoms with van der Waals surface area (Å²) in [6.07, 6.45) is 4.79. The smallest absolute Gasteiger partial charge is 0.0945 e. The summed E-state index contributed by atoms with van der Waals surface area (Å²) in [6.45, 7) is 0.610. The Balaban J connectivity index is 2.23. The molecule has 0 radical (unpaired) electrons. The lowest BCUT2D eigenvalue weighted by molar-refractivity contribution is 0.869. The average Bonchev–Trinajstić information content (AvgIpc) is 2.67. The Kier molecular flexibility index (Phi) is 2.78. The minimum Gasteiger partial charge on any atom is -0.357 e. The molecule has 2 aromatic rings. The molecular weight excluding hydrogens is 188 g/mol. The van der Waals surface area contributed by atoms with Crippen LogP contribution in [-0.4, -0.2) is 21.3 Å². The SMILES string of the molecule is Cn1ccc(-c2ccc(CCN)nn2)c1. The average molecular weight is 202 g/mol. The van der Waals surface area contributed by atoms with E-state index in [9.17, 15) is 0 Å². The molecule has 0 amide bonds. The molecular formula is C11H14N4. The summed E-state index contributed by atoms with van der Waals surface area (Å²) in [5.74, 6) is 0. The lowest BCUT2D eigenvalue weighted by atomic mass is 10.2. The van der Waals surface area contributed by atoms with Crippen molar-refractivity contribution in [1.29, 1.82) is 0 Å². The fourth-order valence-corrected chi connectivity index (χ4v) is 1.45. The molecule has 2 heterocycles. The Morgan fingerprint density at radius 3 is 2.67 bits per heavy atom. The molecule has 4 nitrogen and oxygen atoms in total. The summed E-state index contributed by atoms with van der Waals surface area (Å²) < 4.78 is 1.99. The highest BCUT2D eigenvalue weighted by atomic mass is 15.1. The van der Waals surface area contributed by atoms with Crippen LogP contribution in [0.4, 0.5) is 0 Å². The molecule has 0 saturated carbocycles. The molecule has 0 aromatic carbocycles. The van der Waals surface area contributed by atoms with Gasteiger partial charge in [-0.1, -0.05) is 0 Å². The molecule has 2 aromatic heterocycles. The van der Waals surface area contributed by atoms with Crippen molar-refractivity contribution in [3.8, 4) is 11.3 Å². The van der Waals surface area contributed by atoms with Crippen molar-refractivity contribution in [1.82, 2.24) is 14.8 Å². The van der Waals surface area contributed by atoms with E-state index in [0.717, 1.165) is 23.4 Å². The van der Waals surface area contributed by atoms with Gasteiger partial charge in [0.2, 0.25) is 0 Å². The molecule has 78 valence electrons. The lowest BCUT2D eigenvalue weighted by Crippen LogP contribution is -2.05. The van der Waals surface area contributed by atoms with Gasteiger partial charge in [0, 0.05) is 31.4 Å².